The molecule has 2 rings (SSSR count). The highest BCUT2D eigenvalue weighted by Gasteiger charge is 2.25. The van der Waals surface area contributed by atoms with Crippen LogP contribution < -0.4 is 5.56 Å². The molecule has 17 heavy (non-hydrogen) atoms. The fourth-order valence-electron chi connectivity index (χ4n) is 1.79. The van der Waals surface area contributed by atoms with Gasteiger partial charge < -0.3 is 4.90 Å². The molecule has 2 heterocycles. The van der Waals surface area contributed by atoms with Gasteiger partial charge in [-0.1, -0.05) is 0 Å². The lowest BCUT2D eigenvalue weighted by Gasteiger charge is -2.20. The SMILES string of the molecule is Cc1cc(=O)n(CC(=O)N2CCSC2C)cn1. The molecular weight excluding hydrogens is 238 g/mol. The van der Waals surface area contributed by atoms with Crippen molar-refractivity contribution in [2.75, 3.05) is 12.3 Å². The van der Waals surface area contributed by atoms with E-state index in [1.165, 1.54) is 17.0 Å². The van der Waals surface area contributed by atoms with Crippen molar-refractivity contribution in [1.82, 2.24) is 14.5 Å². The van der Waals surface area contributed by atoms with Crippen molar-refractivity contribution in [2.24, 2.45) is 0 Å². The van der Waals surface area contributed by atoms with Crippen LogP contribution in [0, 0.1) is 6.92 Å². The van der Waals surface area contributed by atoms with E-state index < -0.39 is 0 Å². The summed E-state index contributed by atoms with van der Waals surface area (Å²) in [6, 6.07) is 1.44. The van der Waals surface area contributed by atoms with E-state index >= 15 is 0 Å². The summed E-state index contributed by atoms with van der Waals surface area (Å²) in [6.07, 6.45) is 1.43. The van der Waals surface area contributed by atoms with E-state index in [4.69, 9.17) is 0 Å². The molecule has 0 aliphatic carbocycles. The van der Waals surface area contributed by atoms with Gasteiger partial charge in [0.2, 0.25) is 5.91 Å². The third-order valence-electron chi connectivity index (χ3n) is 2.77. The number of carbonyl (C=O) groups excluding carboxylic acids is 1. The van der Waals surface area contributed by atoms with E-state index in [0.29, 0.717) is 5.69 Å². The molecule has 92 valence electrons. The van der Waals surface area contributed by atoms with Crippen LogP contribution in [0.25, 0.3) is 0 Å². The summed E-state index contributed by atoms with van der Waals surface area (Å²) in [5.74, 6) is 0.948. The first-order chi connectivity index (χ1) is 8.08. The van der Waals surface area contributed by atoms with Crippen LogP contribution in [0.15, 0.2) is 17.2 Å². The molecule has 1 fully saturated rings. The predicted molar refractivity (Wildman–Crippen MR) is 66.9 cm³/mol. The summed E-state index contributed by atoms with van der Waals surface area (Å²) in [5, 5.41) is 0.205. The second-order valence-corrected chi connectivity index (χ2v) is 5.48. The van der Waals surface area contributed by atoms with Gasteiger partial charge in [-0.2, -0.15) is 0 Å². The van der Waals surface area contributed by atoms with Gasteiger partial charge in [-0.15, -0.1) is 11.8 Å². The zero-order chi connectivity index (χ0) is 12.4. The number of carbonyl (C=O) groups is 1. The summed E-state index contributed by atoms with van der Waals surface area (Å²) in [5.41, 5.74) is 0.495. The van der Waals surface area contributed by atoms with Crippen LogP contribution >= 0.6 is 11.8 Å². The molecular formula is C11H15N3O2S. The number of nitrogens with zero attached hydrogens (tertiary/aromatic N) is 3. The lowest BCUT2D eigenvalue weighted by molar-refractivity contribution is -0.131. The van der Waals surface area contributed by atoms with Gasteiger partial charge in [0.25, 0.3) is 5.56 Å². The monoisotopic (exact) mass is 253 g/mol. The van der Waals surface area contributed by atoms with E-state index in [1.807, 2.05) is 6.92 Å². The summed E-state index contributed by atoms with van der Waals surface area (Å²) in [6.45, 7) is 4.61. The topological polar surface area (TPSA) is 55.2 Å². The summed E-state index contributed by atoms with van der Waals surface area (Å²) < 4.78 is 1.35. The van der Waals surface area contributed by atoms with Crippen molar-refractivity contribution in [1.29, 1.82) is 0 Å². The van der Waals surface area contributed by atoms with Gasteiger partial charge in [-0.05, 0) is 13.8 Å². The third kappa shape index (κ3) is 2.69. The molecule has 1 aromatic rings. The zero-order valence-electron chi connectivity index (χ0n) is 9.92. The summed E-state index contributed by atoms with van der Waals surface area (Å²) in [4.78, 5) is 29.4. The highest BCUT2D eigenvalue weighted by atomic mass is 32.2. The van der Waals surface area contributed by atoms with E-state index in [9.17, 15) is 9.59 Å². The highest BCUT2D eigenvalue weighted by molar-refractivity contribution is 8.00. The molecule has 0 saturated carbocycles. The first-order valence-corrected chi connectivity index (χ1v) is 6.57. The number of thioether (sulfide) groups is 1. The van der Waals surface area contributed by atoms with Crippen LogP contribution in [0.1, 0.15) is 12.6 Å². The maximum atomic E-state index is 12.0. The first kappa shape index (κ1) is 12.2. The fourth-order valence-corrected chi connectivity index (χ4v) is 2.84. The Kier molecular flexibility index (Phi) is 3.51. The molecule has 5 nitrogen and oxygen atoms in total. The number of hydrogen-bond donors (Lipinski definition) is 0. The standard InChI is InChI=1S/C11H15N3O2S/c1-8-5-10(15)13(7-12-8)6-11(16)14-3-4-17-9(14)2/h5,7,9H,3-4,6H2,1-2H3. The Bertz CT molecular complexity index is 486. The van der Waals surface area contributed by atoms with Crippen molar-refractivity contribution in [3.63, 3.8) is 0 Å². The number of aromatic nitrogens is 2. The van der Waals surface area contributed by atoms with Crippen molar-refractivity contribution >= 4 is 17.7 Å². The minimum atomic E-state index is -0.176. The first-order valence-electron chi connectivity index (χ1n) is 5.52. The van der Waals surface area contributed by atoms with E-state index in [2.05, 4.69) is 4.98 Å². The predicted octanol–water partition coefficient (Wildman–Crippen LogP) is 0.473. The molecule has 1 unspecified atom stereocenters. The molecule has 0 radical (unpaired) electrons. The second-order valence-electron chi connectivity index (χ2n) is 4.05. The Labute approximate surface area is 104 Å². The molecule has 1 aliphatic heterocycles. The fraction of sp³-hybridized carbons (Fsp3) is 0.545. The molecule has 0 aromatic carbocycles. The van der Waals surface area contributed by atoms with Crippen LogP contribution in [0.2, 0.25) is 0 Å². The molecule has 1 aromatic heterocycles. The van der Waals surface area contributed by atoms with Gasteiger partial charge >= 0.3 is 0 Å². The van der Waals surface area contributed by atoms with Crippen molar-refractivity contribution in [3.8, 4) is 0 Å². The zero-order valence-corrected chi connectivity index (χ0v) is 10.7. The highest BCUT2D eigenvalue weighted by Crippen LogP contribution is 2.22. The number of hydrogen-bond acceptors (Lipinski definition) is 4. The molecule has 1 aliphatic rings. The normalized spacial score (nSPS) is 19.6. The summed E-state index contributed by atoms with van der Waals surface area (Å²) in [7, 11) is 0. The van der Waals surface area contributed by atoms with Gasteiger partial charge in [0.1, 0.15) is 6.54 Å². The molecule has 0 N–H and O–H groups in total. The Balaban J connectivity index is 2.10. The molecule has 1 saturated heterocycles. The van der Waals surface area contributed by atoms with Gasteiger partial charge in [0, 0.05) is 24.1 Å². The Morgan fingerprint density at radius 3 is 3.00 bits per heavy atom. The largest absolute Gasteiger partial charge is 0.329 e. The Hall–Kier alpha value is -1.30. The Morgan fingerprint density at radius 2 is 2.41 bits per heavy atom. The minimum absolute atomic E-state index is 0.0183. The van der Waals surface area contributed by atoms with Crippen molar-refractivity contribution < 1.29 is 4.79 Å². The van der Waals surface area contributed by atoms with Crippen LogP contribution in [-0.4, -0.2) is 38.0 Å². The lowest BCUT2D eigenvalue weighted by Crippen LogP contribution is -2.38. The molecule has 0 spiro atoms. The number of amides is 1. The number of rotatable bonds is 2. The molecule has 6 heteroatoms. The quantitative estimate of drug-likeness (QED) is 0.769. The smallest absolute Gasteiger partial charge is 0.253 e. The van der Waals surface area contributed by atoms with Gasteiger partial charge in [0.15, 0.2) is 0 Å². The van der Waals surface area contributed by atoms with Gasteiger partial charge in [-0.3, -0.25) is 14.2 Å². The molecule has 1 atom stereocenters. The van der Waals surface area contributed by atoms with E-state index in [-0.39, 0.29) is 23.4 Å². The third-order valence-corrected chi connectivity index (χ3v) is 3.93. The van der Waals surface area contributed by atoms with Crippen LogP contribution in [0.5, 0.6) is 0 Å². The maximum absolute atomic E-state index is 12.0. The molecule has 1 amide bonds. The average Bonchev–Trinajstić information content (AvgIpc) is 2.68. The average molecular weight is 253 g/mol. The van der Waals surface area contributed by atoms with Crippen LogP contribution in [-0.2, 0) is 11.3 Å². The van der Waals surface area contributed by atoms with Gasteiger partial charge in [0.05, 0.1) is 11.7 Å². The summed E-state index contributed by atoms with van der Waals surface area (Å²) >= 11 is 1.75. The number of aryl methyl sites for hydroxylation is 1. The van der Waals surface area contributed by atoms with Gasteiger partial charge in [-0.25, -0.2) is 4.98 Å². The maximum Gasteiger partial charge on any atom is 0.253 e. The lowest BCUT2D eigenvalue weighted by atomic mass is 10.4. The van der Waals surface area contributed by atoms with E-state index in [0.717, 1.165) is 12.3 Å². The van der Waals surface area contributed by atoms with Crippen LogP contribution in [0.4, 0.5) is 0 Å². The molecule has 0 bridgehead atoms. The minimum Gasteiger partial charge on any atom is -0.329 e. The van der Waals surface area contributed by atoms with Crippen molar-refractivity contribution in [2.45, 2.75) is 25.8 Å². The Morgan fingerprint density at radius 1 is 1.65 bits per heavy atom. The van der Waals surface area contributed by atoms with E-state index in [1.54, 1.807) is 23.6 Å². The van der Waals surface area contributed by atoms with Crippen LogP contribution in [0.3, 0.4) is 0 Å². The second kappa shape index (κ2) is 4.91. The van der Waals surface area contributed by atoms with Crippen molar-refractivity contribution in [3.05, 3.63) is 28.4 Å².